The van der Waals surface area contributed by atoms with Crippen molar-refractivity contribution in [1.82, 2.24) is 20.0 Å². The van der Waals surface area contributed by atoms with E-state index >= 15 is 0 Å². The van der Waals surface area contributed by atoms with Crippen LogP contribution in [0.4, 0.5) is 10.3 Å². The standard InChI is InChI=1S/C17H20FN5O3/c1-10-13(18)15(24)20-17(19-10)23-8-6-22(7-9-23)16(25)14-11-4-2-3-5-12(11)21-26-14/h2-9H2,1H3,(H,19,20,24). The molecule has 2 aliphatic rings. The van der Waals surface area contributed by atoms with Crippen LogP contribution in [0.5, 0.6) is 0 Å². The van der Waals surface area contributed by atoms with Gasteiger partial charge in [0.05, 0.1) is 11.4 Å². The molecule has 1 aliphatic heterocycles. The summed E-state index contributed by atoms with van der Waals surface area (Å²) in [7, 11) is 0. The van der Waals surface area contributed by atoms with Gasteiger partial charge in [-0.1, -0.05) is 5.16 Å². The fraction of sp³-hybridized carbons (Fsp3) is 0.529. The van der Waals surface area contributed by atoms with Gasteiger partial charge >= 0.3 is 0 Å². The monoisotopic (exact) mass is 361 g/mol. The van der Waals surface area contributed by atoms with Gasteiger partial charge in [0.25, 0.3) is 11.5 Å². The summed E-state index contributed by atoms with van der Waals surface area (Å²) in [5.74, 6) is -0.315. The van der Waals surface area contributed by atoms with Crippen LogP contribution in [0, 0.1) is 12.7 Å². The lowest BCUT2D eigenvalue weighted by molar-refractivity contribution is 0.0702. The molecule has 2 aromatic rings. The predicted octanol–water partition coefficient (Wildman–Crippen LogP) is 1.05. The zero-order chi connectivity index (χ0) is 18.3. The number of H-pyrrole nitrogens is 1. The Morgan fingerprint density at radius 3 is 2.65 bits per heavy atom. The van der Waals surface area contributed by atoms with E-state index in [0.29, 0.717) is 37.9 Å². The molecule has 0 aromatic carbocycles. The molecule has 1 aliphatic carbocycles. The van der Waals surface area contributed by atoms with E-state index in [-0.39, 0.29) is 11.6 Å². The van der Waals surface area contributed by atoms with Crippen LogP contribution >= 0.6 is 0 Å². The van der Waals surface area contributed by atoms with E-state index < -0.39 is 11.4 Å². The number of rotatable bonds is 2. The highest BCUT2D eigenvalue weighted by atomic mass is 19.1. The minimum Gasteiger partial charge on any atom is -0.350 e. The Morgan fingerprint density at radius 1 is 1.19 bits per heavy atom. The van der Waals surface area contributed by atoms with Crippen LogP contribution in [0.25, 0.3) is 0 Å². The zero-order valence-corrected chi connectivity index (χ0v) is 14.5. The molecule has 0 spiro atoms. The molecule has 26 heavy (non-hydrogen) atoms. The maximum absolute atomic E-state index is 13.4. The quantitative estimate of drug-likeness (QED) is 0.859. The van der Waals surface area contributed by atoms with Gasteiger partial charge in [0, 0.05) is 31.7 Å². The minimum absolute atomic E-state index is 0.0653. The molecular formula is C17H20FN5O3. The lowest BCUT2D eigenvalue weighted by Crippen LogP contribution is -2.49. The number of nitrogens with zero attached hydrogens (tertiary/aromatic N) is 4. The molecule has 0 bridgehead atoms. The Kier molecular flexibility index (Phi) is 4.21. The molecule has 0 unspecified atom stereocenters. The Morgan fingerprint density at radius 2 is 1.92 bits per heavy atom. The van der Waals surface area contributed by atoms with Crippen molar-refractivity contribution >= 4 is 11.9 Å². The van der Waals surface area contributed by atoms with Crippen molar-refractivity contribution in [2.24, 2.45) is 0 Å². The molecule has 2 aromatic heterocycles. The van der Waals surface area contributed by atoms with E-state index in [2.05, 4.69) is 15.1 Å². The summed E-state index contributed by atoms with van der Waals surface area (Å²) in [4.78, 5) is 34.5. The van der Waals surface area contributed by atoms with Gasteiger partial charge in [0.1, 0.15) is 0 Å². The van der Waals surface area contributed by atoms with Crippen LogP contribution in [0.2, 0.25) is 0 Å². The number of halogens is 1. The molecule has 1 amide bonds. The third kappa shape index (κ3) is 2.87. The molecule has 0 radical (unpaired) electrons. The predicted molar refractivity (Wildman–Crippen MR) is 90.8 cm³/mol. The van der Waals surface area contributed by atoms with Crippen LogP contribution in [-0.4, -0.2) is 52.1 Å². The van der Waals surface area contributed by atoms with Crippen molar-refractivity contribution in [2.45, 2.75) is 32.6 Å². The highest BCUT2D eigenvalue weighted by Gasteiger charge is 2.30. The fourth-order valence-electron chi connectivity index (χ4n) is 3.53. The highest BCUT2D eigenvalue weighted by Crippen LogP contribution is 2.25. The Labute approximate surface area is 149 Å². The molecule has 1 N–H and O–H groups in total. The number of hydrogen-bond acceptors (Lipinski definition) is 6. The van der Waals surface area contributed by atoms with Crippen LogP contribution in [0.15, 0.2) is 9.32 Å². The van der Waals surface area contributed by atoms with Gasteiger partial charge in [-0.25, -0.2) is 4.98 Å². The second-order valence-corrected chi connectivity index (χ2v) is 6.71. The van der Waals surface area contributed by atoms with Gasteiger partial charge in [-0.3, -0.25) is 14.6 Å². The van der Waals surface area contributed by atoms with Crippen molar-refractivity contribution in [1.29, 1.82) is 0 Å². The summed E-state index contributed by atoms with van der Waals surface area (Å²) >= 11 is 0. The summed E-state index contributed by atoms with van der Waals surface area (Å²) in [6.45, 7) is 3.38. The minimum atomic E-state index is -0.863. The summed E-state index contributed by atoms with van der Waals surface area (Å²) in [6, 6.07) is 0. The summed E-state index contributed by atoms with van der Waals surface area (Å²) in [5, 5.41) is 4.04. The molecule has 4 rings (SSSR count). The Hall–Kier alpha value is -2.71. The number of aromatic amines is 1. The lowest BCUT2D eigenvalue weighted by atomic mass is 9.96. The van der Waals surface area contributed by atoms with Gasteiger partial charge in [-0.15, -0.1) is 0 Å². The van der Waals surface area contributed by atoms with E-state index in [1.165, 1.54) is 6.92 Å². The van der Waals surface area contributed by atoms with E-state index in [4.69, 9.17) is 4.52 Å². The number of aryl methyl sites for hydroxylation is 2. The summed E-state index contributed by atoms with van der Waals surface area (Å²) < 4.78 is 18.8. The number of fused-ring (bicyclic) bond motifs is 1. The second-order valence-electron chi connectivity index (χ2n) is 6.71. The van der Waals surface area contributed by atoms with Crippen LogP contribution in [0.1, 0.15) is 40.3 Å². The van der Waals surface area contributed by atoms with E-state index in [1.807, 2.05) is 4.90 Å². The number of anilines is 1. The van der Waals surface area contributed by atoms with Gasteiger partial charge < -0.3 is 14.3 Å². The SMILES string of the molecule is Cc1nc(N2CCN(C(=O)c3onc4c3CCCC4)CC2)[nH]c(=O)c1F. The molecule has 138 valence electrons. The topological polar surface area (TPSA) is 95.3 Å². The fourth-order valence-corrected chi connectivity index (χ4v) is 3.53. The first kappa shape index (κ1) is 16.7. The van der Waals surface area contributed by atoms with Crippen molar-refractivity contribution in [3.05, 3.63) is 38.9 Å². The third-order valence-corrected chi connectivity index (χ3v) is 5.04. The largest absolute Gasteiger partial charge is 0.350 e. The zero-order valence-electron chi connectivity index (χ0n) is 14.5. The first-order valence-corrected chi connectivity index (χ1v) is 8.82. The summed E-state index contributed by atoms with van der Waals surface area (Å²) in [5.41, 5.74) is 1.14. The van der Waals surface area contributed by atoms with Crippen molar-refractivity contribution in [3.8, 4) is 0 Å². The van der Waals surface area contributed by atoms with Crippen molar-refractivity contribution in [2.75, 3.05) is 31.1 Å². The first-order chi connectivity index (χ1) is 12.5. The number of aromatic nitrogens is 3. The number of carbonyl (C=O) groups excluding carboxylic acids is 1. The van der Waals surface area contributed by atoms with Gasteiger partial charge in [0.2, 0.25) is 17.5 Å². The third-order valence-electron chi connectivity index (χ3n) is 5.04. The number of nitrogens with one attached hydrogen (secondary N) is 1. The normalized spacial score (nSPS) is 17.3. The molecule has 1 saturated heterocycles. The molecular weight excluding hydrogens is 341 g/mol. The average Bonchev–Trinajstić information content (AvgIpc) is 3.09. The van der Waals surface area contributed by atoms with E-state index in [1.54, 1.807) is 4.90 Å². The molecule has 1 fully saturated rings. The van der Waals surface area contributed by atoms with Gasteiger partial charge in [-0.2, -0.15) is 4.39 Å². The smallest absolute Gasteiger partial charge is 0.292 e. The maximum atomic E-state index is 13.4. The van der Waals surface area contributed by atoms with Crippen molar-refractivity contribution < 1.29 is 13.7 Å². The van der Waals surface area contributed by atoms with Crippen molar-refractivity contribution in [3.63, 3.8) is 0 Å². The number of amides is 1. The Balaban J connectivity index is 1.46. The second kappa shape index (κ2) is 6.54. The van der Waals surface area contributed by atoms with Gasteiger partial charge in [-0.05, 0) is 32.6 Å². The molecule has 3 heterocycles. The molecule has 0 atom stereocenters. The molecule has 0 saturated carbocycles. The maximum Gasteiger partial charge on any atom is 0.292 e. The van der Waals surface area contributed by atoms with Crippen LogP contribution in [-0.2, 0) is 12.8 Å². The lowest BCUT2D eigenvalue weighted by Gasteiger charge is -2.34. The van der Waals surface area contributed by atoms with Crippen LogP contribution < -0.4 is 10.5 Å². The number of piperazine rings is 1. The molecule has 8 nitrogen and oxygen atoms in total. The molecule has 9 heteroatoms. The van der Waals surface area contributed by atoms with E-state index in [9.17, 15) is 14.0 Å². The number of carbonyl (C=O) groups is 1. The van der Waals surface area contributed by atoms with Crippen LogP contribution in [0.3, 0.4) is 0 Å². The van der Waals surface area contributed by atoms with Gasteiger partial charge in [0.15, 0.2) is 0 Å². The highest BCUT2D eigenvalue weighted by molar-refractivity contribution is 5.93. The summed E-state index contributed by atoms with van der Waals surface area (Å²) in [6.07, 6.45) is 3.82. The van der Waals surface area contributed by atoms with E-state index in [0.717, 1.165) is 36.9 Å². The first-order valence-electron chi connectivity index (χ1n) is 8.82. The number of hydrogen-bond donors (Lipinski definition) is 1. The average molecular weight is 361 g/mol. The Bertz CT molecular complexity index is 898.